The molecule has 5 nitrogen and oxygen atoms in total. The topological polar surface area (TPSA) is 50.2 Å². The lowest BCUT2D eigenvalue weighted by Gasteiger charge is -2.26. The molecule has 1 fully saturated rings. The molecule has 1 atom stereocenters. The molecule has 1 aliphatic rings. The normalized spacial score (nSPS) is 19.1. The summed E-state index contributed by atoms with van der Waals surface area (Å²) in [5.74, 6) is 0.0725. The Morgan fingerprint density at radius 1 is 1.55 bits per heavy atom. The maximum atomic E-state index is 12.5. The van der Waals surface area contributed by atoms with E-state index in [-0.39, 0.29) is 5.91 Å². The number of aryl methyl sites for hydroxylation is 2. The van der Waals surface area contributed by atoms with E-state index in [4.69, 9.17) is 0 Å². The Kier molecular flexibility index (Phi) is 5.17. The minimum atomic E-state index is 0.0725. The van der Waals surface area contributed by atoms with E-state index in [9.17, 15) is 4.79 Å². The Morgan fingerprint density at radius 3 is 3.00 bits per heavy atom. The Balaban J connectivity index is 1.90. The molecule has 0 radical (unpaired) electrons. The maximum absolute atomic E-state index is 12.5. The molecular formula is C15H26N4O. The van der Waals surface area contributed by atoms with Crippen LogP contribution in [0.2, 0.25) is 0 Å². The third-order valence-corrected chi connectivity index (χ3v) is 3.99. The van der Waals surface area contributed by atoms with Crippen LogP contribution in [0.25, 0.3) is 0 Å². The number of amides is 1. The summed E-state index contributed by atoms with van der Waals surface area (Å²) in [6, 6.07) is 2.44. The van der Waals surface area contributed by atoms with Gasteiger partial charge in [0, 0.05) is 26.2 Å². The highest BCUT2D eigenvalue weighted by Crippen LogP contribution is 2.12. The van der Waals surface area contributed by atoms with Gasteiger partial charge in [-0.1, -0.05) is 6.42 Å². The molecule has 2 rings (SSSR count). The van der Waals surface area contributed by atoms with Crippen LogP contribution in [-0.4, -0.2) is 46.8 Å². The molecule has 1 N–H and O–H groups in total. The molecule has 2 heterocycles. The van der Waals surface area contributed by atoms with Gasteiger partial charge in [-0.05, 0) is 45.7 Å². The summed E-state index contributed by atoms with van der Waals surface area (Å²) < 4.78 is 1.78. The number of rotatable bonds is 5. The SMILES string of the molecule is CCn1nc(C)cc1C(=O)N(C)CCC1CCCCN1. The van der Waals surface area contributed by atoms with Gasteiger partial charge in [0.1, 0.15) is 5.69 Å². The van der Waals surface area contributed by atoms with E-state index in [1.807, 2.05) is 31.9 Å². The van der Waals surface area contributed by atoms with E-state index in [1.165, 1.54) is 19.3 Å². The summed E-state index contributed by atoms with van der Waals surface area (Å²) in [7, 11) is 1.88. The second-order valence-electron chi connectivity index (χ2n) is 5.65. The number of nitrogens with one attached hydrogen (secondary N) is 1. The van der Waals surface area contributed by atoms with Crippen LogP contribution in [0.1, 0.15) is 48.8 Å². The van der Waals surface area contributed by atoms with Gasteiger partial charge in [0.25, 0.3) is 5.91 Å². The van der Waals surface area contributed by atoms with Gasteiger partial charge >= 0.3 is 0 Å². The van der Waals surface area contributed by atoms with Crippen molar-refractivity contribution in [3.63, 3.8) is 0 Å². The van der Waals surface area contributed by atoms with Crippen molar-refractivity contribution in [2.24, 2.45) is 0 Å². The lowest BCUT2D eigenvalue weighted by molar-refractivity contribution is 0.0776. The van der Waals surface area contributed by atoms with Crippen molar-refractivity contribution in [2.75, 3.05) is 20.1 Å². The molecule has 1 aromatic heterocycles. The van der Waals surface area contributed by atoms with Gasteiger partial charge in [0.2, 0.25) is 0 Å². The molecule has 0 spiro atoms. The average molecular weight is 278 g/mol. The zero-order chi connectivity index (χ0) is 14.5. The average Bonchev–Trinajstić information content (AvgIpc) is 2.86. The molecule has 0 aromatic carbocycles. The third kappa shape index (κ3) is 3.60. The first-order chi connectivity index (χ1) is 9.61. The molecule has 1 saturated heterocycles. The summed E-state index contributed by atoms with van der Waals surface area (Å²) >= 11 is 0. The number of piperidine rings is 1. The predicted octanol–water partition coefficient (Wildman–Crippen LogP) is 1.82. The summed E-state index contributed by atoms with van der Waals surface area (Å²) in [6.07, 6.45) is 4.84. The first-order valence-corrected chi connectivity index (χ1v) is 7.65. The van der Waals surface area contributed by atoms with Gasteiger partial charge in [0.15, 0.2) is 0 Å². The summed E-state index contributed by atoms with van der Waals surface area (Å²) in [5.41, 5.74) is 1.60. The Labute approximate surface area is 121 Å². The molecule has 20 heavy (non-hydrogen) atoms. The number of carbonyl (C=O) groups excluding carboxylic acids is 1. The van der Waals surface area contributed by atoms with Gasteiger partial charge < -0.3 is 10.2 Å². The molecule has 0 saturated carbocycles. The van der Waals surface area contributed by atoms with Gasteiger partial charge in [-0.25, -0.2) is 0 Å². The standard InChI is InChI=1S/C15H26N4O/c1-4-19-14(11-12(2)17-19)15(20)18(3)10-8-13-7-5-6-9-16-13/h11,13,16H,4-10H2,1-3H3. The molecule has 1 unspecified atom stereocenters. The van der Waals surface area contributed by atoms with Crippen LogP contribution in [-0.2, 0) is 6.54 Å². The van der Waals surface area contributed by atoms with E-state index >= 15 is 0 Å². The Hall–Kier alpha value is -1.36. The molecule has 112 valence electrons. The van der Waals surface area contributed by atoms with Crippen LogP contribution in [0.3, 0.4) is 0 Å². The van der Waals surface area contributed by atoms with Crippen LogP contribution < -0.4 is 5.32 Å². The minimum Gasteiger partial charge on any atom is -0.340 e. The lowest BCUT2D eigenvalue weighted by Crippen LogP contribution is -2.38. The Morgan fingerprint density at radius 2 is 2.35 bits per heavy atom. The van der Waals surface area contributed by atoms with Crippen LogP contribution in [0.15, 0.2) is 6.07 Å². The molecule has 0 aliphatic carbocycles. The van der Waals surface area contributed by atoms with E-state index in [1.54, 1.807) is 4.68 Å². The highest BCUT2D eigenvalue weighted by atomic mass is 16.2. The quantitative estimate of drug-likeness (QED) is 0.894. The van der Waals surface area contributed by atoms with Gasteiger partial charge in [0.05, 0.1) is 5.69 Å². The fourth-order valence-corrected chi connectivity index (χ4v) is 2.78. The van der Waals surface area contributed by atoms with Crippen molar-refractivity contribution in [1.29, 1.82) is 0 Å². The Bertz CT molecular complexity index is 449. The lowest BCUT2D eigenvalue weighted by atomic mass is 10.0. The fourth-order valence-electron chi connectivity index (χ4n) is 2.78. The predicted molar refractivity (Wildman–Crippen MR) is 79.9 cm³/mol. The molecule has 0 bridgehead atoms. The van der Waals surface area contributed by atoms with E-state index in [2.05, 4.69) is 10.4 Å². The largest absolute Gasteiger partial charge is 0.340 e. The van der Waals surface area contributed by atoms with Crippen molar-refractivity contribution >= 4 is 5.91 Å². The van der Waals surface area contributed by atoms with Crippen molar-refractivity contribution in [2.45, 2.75) is 52.1 Å². The summed E-state index contributed by atoms with van der Waals surface area (Å²) in [5, 5.41) is 7.86. The number of aromatic nitrogens is 2. The fraction of sp³-hybridized carbons (Fsp3) is 0.733. The van der Waals surface area contributed by atoms with Crippen LogP contribution in [0.4, 0.5) is 0 Å². The number of carbonyl (C=O) groups is 1. The van der Waals surface area contributed by atoms with Crippen LogP contribution in [0, 0.1) is 6.92 Å². The van der Waals surface area contributed by atoms with Crippen molar-refractivity contribution in [1.82, 2.24) is 20.0 Å². The van der Waals surface area contributed by atoms with Gasteiger partial charge in [-0.3, -0.25) is 9.48 Å². The smallest absolute Gasteiger partial charge is 0.271 e. The van der Waals surface area contributed by atoms with E-state index < -0.39 is 0 Å². The third-order valence-electron chi connectivity index (χ3n) is 3.99. The second-order valence-corrected chi connectivity index (χ2v) is 5.65. The minimum absolute atomic E-state index is 0.0725. The molecule has 5 heteroatoms. The van der Waals surface area contributed by atoms with Crippen LogP contribution >= 0.6 is 0 Å². The monoisotopic (exact) mass is 278 g/mol. The zero-order valence-electron chi connectivity index (χ0n) is 12.9. The number of hydrogen-bond donors (Lipinski definition) is 1. The highest BCUT2D eigenvalue weighted by molar-refractivity contribution is 5.92. The maximum Gasteiger partial charge on any atom is 0.271 e. The molecule has 1 aromatic rings. The van der Waals surface area contributed by atoms with Crippen LogP contribution in [0.5, 0.6) is 0 Å². The second kappa shape index (κ2) is 6.88. The first kappa shape index (κ1) is 15.0. The number of nitrogens with zero attached hydrogens (tertiary/aromatic N) is 3. The zero-order valence-corrected chi connectivity index (χ0v) is 12.9. The molecular weight excluding hydrogens is 252 g/mol. The van der Waals surface area contributed by atoms with Gasteiger partial charge in [-0.15, -0.1) is 0 Å². The van der Waals surface area contributed by atoms with E-state index in [0.29, 0.717) is 11.7 Å². The molecule has 1 amide bonds. The van der Waals surface area contributed by atoms with Crippen molar-refractivity contribution < 1.29 is 4.79 Å². The summed E-state index contributed by atoms with van der Waals surface area (Å²) in [4.78, 5) is 14.3. The van der Waals surface area contributed by atoms with Gasteiger partial charge in [-0.2, -0.15) is 5.10 Å². The number of hydrogen-bond acceptors (Lipinski definition) is 3. The summed E-state index contributed by atoms with van der Waals surface area (Å²) in [6.45, 7) is 6.57. The van der Waals surface area contributed by atoms with Crippen molar-refractivity contribution in [3.05, 3.63) is 17.5 Å². The molecule has 1 aliphatic heterocycles. The van der Waals surface area contributed by atoms with Crippen molar-refractivity contribution in [3.8, 4) is 0 Å². The van der Waals surface area contributed by atoms with E-state index in [0.717, 1.165) is 31.7 Å². The highest BCUT2D eigenvalue weighted by Gasteiger charge is 2.19. The first-order valence-electron chi connectivity index (χ1n) is 7.65.